The second kappa shape index (κ2) is 12.4. The van der Waals surface area contributed by atoms with Crippen LogP contribution in [0, 0.1) is 0 Å². The predicted octanol–water partition coefficient (Wildman–Crippen LogP) is 9.77. The molecule has 0 amide bonds. The van der Waals surface area contributed by atoms with Gasteiger partial charge in [0.15, 0.2) is 11.6 Å². The summed E-state index contributed by atoms with van der Waals surface area (Å²) in [5.74, 6) is 1.44. The van der Waals surface area contributed by atoms with Crippen molar-refractivity contribution in [2.75, 3.05) is 0 Å². The van der Waals surface area contributed by atoms with Crippen molar-refractivity contribution in [3.63, 3.8) is 0 Å². The smallest absolute Gasteiger partial charge is 0.294 e. The highest BCUT2D eigenvalue weighted by atomic mass is 32.2. The van der Waals surface area contributed by atoms with Crippen molar-refractivity contribution in [1.82, 2.24) is 24.1 Å². The summed E-state index contributed by atoms with van der Waals surface area (Å²) in [5, 5.41) is 3.77. The van der Waals surface area contributed by atoms with Gasteiger partial charge in [0.25, 0.3) is 10.1 Å². The Bertz CT molecular complexity index is 2900. The first-order valence-electron chi connectivity index (χ1n) is 16.6. The molecule has 9 rings (SSSR count). The molecule has 0 fully saturated rings. The molecule has 52 heavy (non-hydrogen) atoms. The van der Waals surface area contributed by atoms with Crippen molar-refractivity contribution >= 4 is 65.8 Å². The largest absolute Gasteiger partial charge is 0.325 e. The fourth-order valence-electron chi connectivity index (χ4n) is 7.27. The van der Waals surface area contributed by atoms with Gasteiger partial charge in [0.05, 0.1) is 22.1 Å². The third kappa shape index (κ3) is 5.08. The van der Waals surface area contributed by atoms with E-state index in [4.69, 9.17) is 15.0 Å². The topological polar surface area (TPSA) is 123 Å². The average molecular weight is 720 g/mol. The lowest BCUT2D eigenvalue weighted by Gasteiger charge is -2.16. The molecule has 0 saturated heterocycles. The van der Waals surface area contributed by atoms with E-state index in [0.717, 1.165) is 54.7 Å². The van der Waals surface area contributed by atoms with Crippen LogP contribution in [0.25, 0.3) is 78.0 Å². The van der Waals surface area contributed by atoms with Crippen LogP contribution in [0.3, 0.4) is 0 Å². The molecule has 0 aliphatic heterocycles. The molecular weight excluding hydrogens is 691 g/mol. The van der Waals surface area contributed by atoms with E-state index >= 15 is 0 Å². The lowest BCUT2D eigenvalue weighted by Crippen LogP contribution is -2.08. The Morgan fingerprint density at radius 1 is 0.615 bits per heavy atom. The van der Waals surface area contributed by atoms with Crippen LogP contribution in [0.5, 0.6) is 0 Å². The predicted molar refractivity (Wildman–Crippen MR) is 207 cm³/mol. The fraction of sp³-hybridized carbons (Fsp3) is 0.0488. The van der Waals surface area contributed by atoms with E-state index in [1.54, 1.807) is 13.0 Å². The van der Waals surface area contributed by atoms with Gasteiger partial charge >= 0.3 is 0 Å². The van der Waals surface area contributed by atoms with Crippen molar-refractivity contribution in [2.45, 2.75) is 23.1 Å². The van der Waals surface area contributed by atoms with Gasteiger partial charge in [-0.1, -0.05) is 116 Å². The fourth-order valence-corrected chi connectivity index (χ4v) is 8.71. The minimum Gasteiger partial charge on any atom is -0.325 e. The number of para-hydroxylation sites is 2. The van der Waals surface area contributed by atoms with Gasteiger partial charge in [-0.2, -0.15) is 18.4 Å². The first-order valence-corrected chi connectivity index (χ1v) is 18.9. The molecule has 3 aromatic heterocycles. The van der Waals surface area contributed by atoms with Gasteiger partial charge < -0.3 is 9.12 Å². The number of aromatic nitrogens is 5. The molecule has 9 nitrogen and oxygen atoms in total. The molecule has 254 valence electrons. The van der Waals surface area contributed by atoms with Crippen LogP contribution in [0.4, 0.5) is 0 Å². The SMILES string of the molecule is CCc1c(SO)cc(-n2c3ccccc3c3ccc4c5ccccc5n(-c5nc(-c6ccccc6)nc(-c6ccccc6)n5)c4c32)cc1S(=O)(=O)O. The quantitative estimate of drug-likeness (QED) is 0.123. The number of nitrogens with zero attached hydrogens (tertiary/aromatic N) is 5. The zero-order valence-corrected chi connectivity index (χ0v) is 29.3. The molecular formula is C41H29N5O4S2. The average Bonchev–Trinajstić information content (AvgIpc) is 3.71. The van der Waals surface area contributed by atoms with Crippen molar-refractivity contribution in [3.8, 4) is 34.4 Å². The zero-order valence-electron chi connectivity index (χ0n) is 27.7. The van der Waals surface area contributed by atoms with E-state index in [0.29, 0.717) is 45.8 Å². The van der Waals surface area contributed by atoms with E-state index in [1.165, 1.54) is 6.07 Å². The maximum Gasteiger partial charge on any atom is 0.294 e. The third-order valence-corrected chi connectivity index (χ3v) is 11.0. The van der Waals surface area contributed by atoms with Gasteiger partial charge in [0, 0.05) is 55.3 Å². The summed E-state index contributed by atoms with van der Waals surface area (Å²) < 4.78 is 50.5. The molecule has 0 unspecified atom stereocenters. The zero-order chi connectivity index (χ0) is 35.6. The lowest BCUT2D eigenvalue weighted by molar-refractivity contribution is 0.481. The summed E-state index contributed by atoms with van der Waals surface area (Å²) >= 11 is 0.458. The van der Waals surface area contributed by atoms with Crippen molar-refractivity contribution in [3.05, 3.63) is 139 Å². The minimum absolute atomic E-state index is 0.250. The Morgan fingerprint density at radius 3 is 1.63 bits per heavy atom. The second-order valence-electron chi connectivity index (χ2n) is 12.4. The molecule has 0 atom stereocenters. The summed E-state index contributed by atoms with van der Waals surface area (Å²) in [5.41, 5.74) is 5.73. The molecule has 0 aliphatic carbocycles. The lowest BCUT2D eigenvalue weighted by atomic mass is 10.1. The Labute approximate surface area is 302 Å². The summed E-state index contributed by atoms with van der Waals surface area (Å²) in [6, 6.07) is 43.0. The third-order valence-electron chi connectivity index (χ3n) is 9.50. The summed E-state index contributed by atoms with van der Waals surface area (Å²) in [7, 11) is -4.64. The van der Waals surface area contributed by atoms with Gasteiger partial charge in [0.1, 0.15) is 4.90 Å². The van der Waals surface area contributed by atoms with Crippen LogP contribution in [0.15, 0.2) is 143 Å². The summed E-state index contributed by atoms with van der Waals surface area (Å²) in [4.78, 5) is 15.2. The summed E-state index contributed by atoms with van der Waals surface area (Å²) in [6.07, 6.45) is 0.289. The number of benzene rings is 6. The highest BCUT2D eigenvalue weighted by Crippen LogP contribution is 2.42. The Morgan fingerprint density at radius 2 is 1.12 bits per heavy atom. The number of rotatable bonds is 7. The molecule has 0 bridgehead atoms. The maximum atomic E-state index is 12.8. The van der Waals surface area contributed by atoms with E-state index in [2.05, 4.69) is 22.8 Å². The first kappa shape index (κ1) is 32.1. The van der Waals surface area contributed by atoms with E-state index < -0.39 is 10.1 Å². The molecule has 11 heteroatoms. The monoisotopic (exact) mass is 719 g/mol. The number of hydrogen-bond acceptors (Lipinski definition) is 7. The van der Waals surface area contributed by atoms with Gasteiger partial charge in [-0.05, 0) is 36.2 Å². The second-order valence-corrected chi connectivity index (χ2v) is 14.4. The van der Waals surface area contributed by atoms with E-state index in [9.17, 15) is 17.5 Å². The standard InChI is InChI=1S/C41H29N5O4S2/c1-2-28-35(51-47)23-27(24-36(28)52(48,49)50)45-33-19-11-9-17-29(33)31-21-22-32-30-18-10-12-20-34(30)46(38(32)37(31)45)41-43-39(25-13-5-3-6-14-25)42-40(44-41)26-15-7-4-8-16-26/h3-24,47H,2H2,1H3,(H,48,49,50). The Hall–Kier alpha value is -5.85. The van der Waals surface area contributed by atoms with Crippen LogP contribution in [-0.2, 0) is 16.5 Å². The Kier molecular flexibility index (Phi) is 7.67. The number of hydrogen-bond donors (Lipinski definition) is 2. The maximum absolute atomic E-state index is 12.8. The van der Waals surface area contributed by atoms with Crippen LogP contribution in [0.2, 0.25) is 0 Å². The first-order chi connectivity index (χ1) is 25.4. The molecule has 0 spiro atoms. The molecule has 9 aromatic rings. The van der Waals surface area contributed by atoms with Crippen LogP contribution in [-0.4, -0.2) is 41.6 Å². The van der Waals surface area contributed by atoms with Crippen molar-refractivity contribution in [2.24, 2.45) is 0 Å². The molecule has 3 heterocycles. The van der Waals surface area contributed by atoms with Crippen LogP contribution in [0.1, 0.15) is 12.5 Å². The van der Waals surface area contributed by atoms with E-state index in [-0.39, 0.29) is 11.3 Å². The highest BCUT2D eigenvalue weighted by molar-refractivity contribution is 7.94. The van der Waals surface area contributed by atoms with Crippen LogP contribution >= 0.6 is 12.0 Å². The van der Waals surface area contributed by atoms with Gasteiger partial charge in [-0.25, -0.2) is 4.98 Å². The van der Waals surface area contributed by atoms with Crippen molar-refractivity contribution < 1.29 is 17.5 Å². The molecule has 2 N–H and O–H groups in total. The van der Waals surface area contributed by atoms with Crippen LogP contribution < -0.4 is 0 Å². The minimum atomic E-state index is -4.64. The van der Waals surface area contributed by atoms with Gasteiger partial charge in [-0.3, -0.25) is 9.12 Å². The molecule has 0 radical (unpaired) electrons. The molecule has 0 aliphatic rings. The Balaban J connectivity index is 1.47. The normalized spacial score (nSPS) is 12.1. The van der Waals surface area contributed by atoms with Gasteiger partial charge in [0.2, 0.25) is 5.95 Å². The van der Waals surface area contributed by atoms with Crippen molar-refractivity contribution in [1.29, 1.82) is 0 Å². The molecule has 6 aromatic carbocycles. The highest BCUT2D eigenvalue weighted by Gasteiger charge is 2.26. The van der Waals surface area contributed by atoms with Gasteiger partial charge in [-0.15, -0.1) is 0 Å². The molecule has 0 saturated carbocycles. The summed E-state index contributed by atoms with van der Waals surface area (Å²) in [6.45, 7) is 1.79. The van der Waals surface area contributed by atoms with E-state index in [1.807, 2.05) is 108 Å². The number of fused-ring (bicyclic) bond motifs is 7.